The van der Waals surface area contributed by atoms with Gasteiger partial charge in [-0.1, -0.05) is 12.5 Å². The number of aryl methyl sites for hydroxylation is 1. The van der Waals surface area contributed by atoms with Crippen LogP contribution in [0.2, 0.25) is 0 Å². The molecule has 1 aromatic carbocycles. The molecule has 0 radical (unpaired) electrons. The molecule has 5 N–H and O–H groups in total. The van der Waals surface area contributed by atoms with Gasteiger partial charge in [-0.05, 0) is 49.9 Å². The number of hydrogen-bond donors (Lipinski definition) is 3. The van der Waals surface area contributed by atoms with Crippen LogP contribution in [0.3, 0.4) is 0 Å². The summed E-state index contributed by atoms with van der Waals surface area (Å²) < 4.78 is 0. The minimum atomic E-state index is -0.487. The Morgan fingerprint density at radius 2 is 2.10 bits per heavy atom. The molecule has 20 heavy (non-hydrogen) atoms. The van der Waals surface area contributed by atoms with Gasteiger partial charge >= 0.3 is 0 Å². The number of benzene rings is 1. The fourth-order valence-electron chi connectivity index (χ4n) is 2.86. The first-order valence-electron chi connectivity index (χ1n) is 6.94. The fourth-order valence-corrected chi connectivity index (χ4v) is 2.86. The van der Waals surface area contributed by atoms with Crippen molar-refractivity contribution in [2.24, 2.45) is 23.3 Å². The summed E-state index contributed by atoms with van der Waals surface area (Å²) in [4.78, 5) is 23.6. The lowest BCUT2D eigenvalue weighted by Crippen LogP contribution is -2.29. The molecule has 5 nitrogen and oxygen atoms in total. The molecular weight excluding hydrogens is 254 g/mol. The third-order valence-corrected chi connectivity index (χ3v) is 4.07. The number of carbonyl (C=O) groups is 2. The van der Waals surface area contributed by atoms with Crippen LogP contribution in [-0.4, -0.2) is 18.4 Å². The van der Waals surface area contributed by atoms with E-state index in [1.165, 1.54) is 0 Å². The Morgan fingerprint density at radius 1 is 1.35 bits per heavy atom. The summed E-state index contributed by atoms with van der Waals surface area (Å²) in [6.45, 7) is 2.35. The van der Waals surface area contributed by atoms with E-state index in [4.69, 9.17) is 11.5 Å². The Morgan fingerprint density at radius 3 is 2.75 bits per heavy atom. The highest BCUT2D eigenvalue weighted by atomic mass is 16.2. The maximum absolute atomic E-state index is 12.3. The molecule has 1 aliphatic carbocycles. The number of nitrogens with two attached hydrogens (primary N) is 2. The Hall–Kier alpha value is -1.88. The van der Waals surface area contributed by atoms with Crippen LogP contribution in [0.15, 0.2) is 18.2 Å². The van der Waals surface area contributed by atoms with Crippen molar-refractivity contribution in [3.63, 3.8) is 0 Å². The van der Waals surface area contributed by atoms with Crippen molar-refractivity contribution in [1.29, 1.82) is 0 Å². The summed E-state index contributed by atoms with van der Waals surface area (Å²) in [5.74, 6) is -0.272. The number of anilines is 1. The van der Waals surface area contributed by atoms with Crippen LogP contribution in [0.5, 0.6) is 0 Å². The molecule has 1 aliphatic rings. The van der Waals surface area contributed by atoms with E-state index < -0.39 is 5.91 Å². The van der Waals surface area contributed by atoms with Gasteiger partial charge in [0.25, 0.3) is 0 Å². The first kappa shape index (κ1) is 14.5. The monoisotopic (exact) mass is 275 g/mol. The van der Waals surface area contributed by atoms with Gasteiger partial charge in [0, 0.05) is 17.2 Å². The first-order chi connectivity index (χ1) is 9.52. The normalized spacial score (nSPS) is 21.7. The largest absolute Gasteiger partial charge is 0.366 e. The molecule has 0 bridgehead atoms. The van der Waals surface area contributed by atoms with E-state index in [2.05, 4.69) is 5.32 Å². The van der Waals surface area contributed by atoms with Gasteiger partial charge in [-0.25, -0.2) is 0 Å². The second-order valence-corrected chi connectivity index (χ2v) is 5.42. The summed E-state index contributed by atoms with van der Waals surface area (Å²) in [6.07, 6.45) is 2.93. The van der Waals surface area contributed by atoms with Crippen LogP contribution in [-0.2, 0) is 4.79 Å². The average molecular weight is 275 g/mol. The molecule has 1 fully saturated rings. The quantitative estimate of drug-likeness (QED) is 0.774. The highest BCUT2D eigenvalue weighted by Gasteiger charge is 2.31. The maximum atomic E-state index is 12.3. The van der Waals surface area contributed by atoms with Crippen LogP contribution < -0.4 is 16.8 Å². The molecule has 0 heterocycles. The number of hydrogen-bond acceptors (Lipinski definition) is 3. The topological polar surface area (TPSA) is 98.2 Å². The summed E-state index contributed by atoms with van der Waals surface area (Å²) in [5.41, 5.74) is 12.9. The SMILES string of the molecule is Cc1ccc(NC(=O)[C@@H]2CCC[C@@H]2CN)cc1C(N)=O. The summed E-state index contributed by atoms with van der Waals surface area (Å²) >= 11 is 0. The summed E-state index contributed by atoms with van der Waals surface area (Å²) in [6, 6.07) is 5.19. The van der Waals surface area contributed by atoms with Gasteiger partial charge in [0.05, 0.1) is 0 Å². The van der Waals surface area contributed by atoms with E-state index in [9.17, 15) is 9.59 Å². The van der Waals surface area contributed by atoms with Gasteiger partial charge in [0.1, 0.15) is 0 Å². The predicted molar refractivity (Wildman–Crippen MR) is 78.2 cm³/mol. The lowest BCUT2D eigenvalue weighted by atomic mass is 9.95. The van der Waals surface area contributed by atoms with Gasteiger partial charge in [-0.15, -0.1) is 0 Å². The number of nitrogens with one attached hydrogen (secondary N) is 1. The lowest BCUT2D eigenvalue weighted by molar-refractivity contribution is -0.120. The molecule has 5 heteroatoms. The molecule has 2 amide bonds. The molecule has 1 saturated carbocycles. The van der Waals surface area contributed by atoms with Gasteiger partial charge in [-0.3, -0.25) is 9.59 Å². The van der Waals surface area contributed by atoms with E-state index in [1.54, 1.807) is 18.2 Å². The van der Waals surface area contributed by atoms with Crippen LogP contribution in [0.1, 0.15) is 35.2 Å². The molecule has 0 saturated heterocycles. The zero-order valence-electron chi connectivity index (χ0n) is 11.7. The molecule has 0 aromatic heterocycles. The van der Waals surface area contributed by atoms with Crippen LogP contribution >= 0.6 is 0 Å². The Balaban J connectivity index is 2.12. The maximum Gasteiger partial charge on any atom is 0.249 e. The lowest BCUT2D eigenvalue weighted by Gasteiger charge is -2.17. The Labute approximate surface area is 118 Å². The average Bonchev–Trinajstić information content (AvgIpc) is 2.89. The smallest absolute Gasteiger partial charge is 0.249 e. The minimum Gasteiger partial charge on any atom is -0.366 e. The zero-order chi connectivity index (χ0) is 14.7. The second kappa shape index (κ2) is 6.05. The Bertz CT molecular complexity index is 528. The molecular formula is C15H21N3O2. The number of primary amides is 1. The molecule has 0 spiro atoms. The van der Waals surface area contributed by atoms with Gasteiger partial charge in [0.2, 0.25) is 11.8 Å². The van der Waals surface area contributed by atoms with E-state index in [-0.39, 0.29) is 17.7 Å². The third-order valence-electron chi connectivity index (χ3n) is 4.07. The molecule has 0 aliphatic heterocycles. The van der Waals surface area contributed by atoms with Crippen molar-refractivity contribution in [3.8, 4) is 0 Å². The van der Waals surface area contributed by atoms with Crippen molar-refractivity contribution in [2.45, 2.75) is 26.2 Å². The van der Waals surface area contributed by atoms with Crippen molar-refractivity contribution in [2.75, 3.05) is 11.9 Å². The molecule has 2 atom stereocenters. The first-order valence-corrected chi connectivity index (χ1v) is 6.94. The molecule has 0 unspecified atom stereocenters. The van der Waals surface area contributed by atoms with E-state index in [0.717, 1.165) is 24.8 Å². The summed E-state index contributed by atoms with van der Waals surface area (Å²) in [5, 5.41) is 2.87. The summed E-state index contributed by atoms with van der Waals surface area (Å²) in [7, 11) is 0. The van der Waals surface area contributed by atoms with Crippen molar-refractivity contribution < 1.29 is 9.59 Å². The minimum absolute atomic E-state index is 0.0165. The third kappa shape index (κ3) is 2.99. The standard InChI is InChI=1S/C15H21N3O2/c1-9-5-6-11(7-13(9)14(17)19)18-15(20)12-4-2-3-10(12)8-16/h5-7,10,12H,2-4,8,16H2,1H3,(H2,17,19)(H,18,20)/t10-,12-/m1/s1. The second-order valence-electron chi connectivity index (χ2n) is 5.42. The van der Waals surface area contributed by atoms with Crippen LogP contribution in [0.4, 0.5) is 5.69 Å². The van der Waals surface area contributed by atoms with E-state index in [0.29, 0.717) is 17.8 Å². The highest BCUT2D eigenvalue weighted by molar-refractivity contribution is 5.98. The molecule has 2 rings (SSSR count). The predicted octanol–water partition coefficient (Wildman–Crippen LogP) is 1.41. The van der Waals surface area contributed by atoms with Crippen molar-refractivity contribution >= 4 is 17.5 Å². The molecule has 1 aromatic rings. The van der Waals surface area contributed by atoms with E-state index in [1.807, 2.05) is 6.92 Å². The fraction of sp³-hybridized carbons (Fsp3) is 0.467. The van der Waals surface area contributed by atoms with Crippen molar-refractivity contribution in [1.82, 2.24) is 0 Å². The number of amides is 2. The highest BCUT2D eigenvalue weighted by Crippen LogP contribution is 2.32. The molecule has 108 valence electrons. The number of carbonyl (C=O) groups excluding carboxylic acids is 2. The Kier molecular flexibility index (Phi) is 4.39. The van der Waals surface area contributed by atoms with E-state index >= 15 is 0 Å². The van der Waals surface area contributed by atoms with Gasteiger partial charge < -0.3 is 16.8 Å². The number of rotatable bonds is 4. The van der Waals surface area contributed by atoms with Gasteiger partial charge in [0.15, 0.2) is 0 Å². The van der Waals surface area contributed by atoms with Crippen LogP contribution in [0.25, 0.3) is 0 Å². The van der Waals surface area contributed by atoms with Gasteiger partial charge in [-0.2, -0.15) is 0 Å². The van der Waals surface area contributed by atoms with Crippen molar-refractivity contribution in [3.05, 3.63) is 29.3 Å². The zero-order valence-corrected chi connectivity index (χ0v) is 11.7. The van der Waals surface area contributed by atoms with Crippen LogP contribution in [0, 0.1) is 18.8 Å².